The molecule has 5 aromatic rings. The van der Waals surface area contributed by atoms with Gasteiger partial charge in [-0.3, -0.25) is 0 Å². The lowest BCUT2D eigenvalue weighted by Gasteiger charge is -2.17. The number of nitrogens with two attached hydrogens (primary N) is 1. The van der Waals surface area contributed by atoms with Gasteiger partial charge in [0.05, 0.1) is 7.14 Å². The van der Waals surface area contributed by atoms with Crippen LogP contribution in [0.4, 0.5) is 5.82 Å². The number of benzene rings is 4. The zero-order chi connectivity index (χ0) is 24.4. The highest BCUT2D eigenvalue weighted by Crippen LogP contribution is 2.40. The molecular weight excluding hydrogens is 660 g/mol. The van der Waals surface area contributed by atoms with Gasteiger partial charge in [0, 0.05) is 17.3 Å². The SMILES string of the molecule is N#Cc1c(N)ncc(-c2ccccc2)c1-c1cc(I)c(OCc2cccc3ccccc23)c(I)c1. The molecule has 0 saturated carbocycles. The minimum atomic E-state index is 0.225. The summed E-state index contributed by atoms with van der Waals surface area (Å²) in [6.45, 7) is 0.466. The van der Waals surface area contributed by atoms with E-state index in [4.69, 9.17) is 10.5 Å². The summed E-state index contributed by atoms with van der Waals surface area (Å²) in [6, 6.07) is 30.9. The lowest BCUT2D eigenvalue weighted by molar-refractivity contribution is 0.303. The van der Waals surface area contributed by atoms with E-state index < -0.39 is 0 Å². The quantitative estimate of drug-likeness (QED) is 0.193. The summed E-state index contributed by atoms with van der Waals surface area (Å²) in [6.07, 6.45) is 1.74. The Balaban J connectivity index is 1.56. The molecule has 170 valence electrons. The van der Waals surface area contributed by atoms with Crippen LogP contribution in [0, 0.1) is 18.5 Å². The molecule has 5 rings (SSSR count). The Hall–Kier alpha value is -3.16. The van der Waals surface area contributed by atoms with E-state index in [-0.39, 0.29) is 5.82 Å². The van der Waals surface area contributed by atoms with Crippen molar-refractivity contribution in [2.24, 2.45) is 0 Å². The first-order valence-corrected chi connectivity index (χ1v) is 13.1. The number of fused-ring (bicyclic) bond motifs is 1. The van der Waals surface area contributed by atoms with Crippen molar-refractivity contribution in [2.75, 3.05) is 5.73 Å². The lowest BCUT2D eigenvalue weighted by atomic mass is 9.92. The summed E-state index contributed by atoms with van der Waals surface area (Å²) in [5, 5.41) is 12.3. The average Bonchev–Trinajstić information content (AvgIpc) is 2.88. The zero-order valence-electron chi connectivity index (χ0n) is 18.5. The van der Waals surface area contributed by atoms with Gasteiger partial charge in [0.25, 0.3) is 0 Å². The largest absolute Gasteiger partial charge is 0.487 e. The Bertz CT molecular complexity index is 1570. The third-order valence-corrected chi connectivity index (χ3v) is 7.45. The second-order valence-electron chi connectivity index (χ2n) is 7.98. The summed E-state index contributed by atoms with van der Waals surface area (Å²) in [5.74, 6) is 1.05. The summed E-state index contributed by atoms with van der Waals surface area (Å²) in [5.41, 5.74) is 11.2. The van der Waals surface area contributed by atoms with Crippen LogP contribution in [0.2, 0.25) is 0 Å². The number of rotatable bonds is 5. The van der Waals surface area contributed by atoms with Crippen molar-refractivity contribution in [3.63, 3.8) is 0 Å². The predicted molar refractivity (Wildman–Crippen MR) is 158 cm³/mol. The molecule has 0 atom stereocenters. The molecule has 0 saturated heterocycles. The number of aromatic nitrogens is 1. The van der Waals surface area contributed by atoms with Gasteiger partial charge < -0.3 is 10.5 Å². The first-order chi connectivity index (χ1) is 17.1. The fourth-order valence-corrected chi connectivity index (χ4v) is 6.27. The van der Waals surface area contributed by atoms with Crippen LogP contribution >= 0.6 is 45.2 Å². The van der Waals surface area contributed by atoms with E-state index in [0.29, 0.717) is 12.2 Å². The van der Waals surface area contributed by atoms with Crippen molar-refractivity contribution in [1.82, 2.24) is 4.98 Å². The zero-order valence-corrected chi connectivity index (χ0v) is 22.8. The molecule has 0 fully saturated rings. The molecule has 1 heterocycles. The van der Waals surface area contributed by atoms with E-state index in [9.17, 15) is 5.26 Å². The van der Waals surface area contributed by atoms with Crippen molar-refractivity contribution in [2.45, 2.75) is 6.61 Å². The van der Waals surface area contributed by atoms with Gasteiger partial charge in [-0.05, 0) is 84.8 Å². The van der Waals surface area contributed by atoms with E-state index >= 15 is 0 Å². The molecule has 35 heavy (non-hydrogen) atoms. The number of nitriles is 1. The molecule has 6 heteroatoms. The Morgan fingerprint density at radius 3 is 2.29 bits per heavy atom. The smallest absolute Gasteiger partial charge is 0.146 e. The van der Waals surface area contributed by atoms with Crippen molar-refractivity contribution < 1.29 is 4.74 Å². The minimum Gasteiger partial charge on any atom is -0.487 e. The van der Waals surface area contributed by atoms with Gasteiger partial charge in [-0.1, -0.05) is 72.8 Å². The van der Waals surface area contributed by atoms with Gasteiger partial charge in [0.1, 0.15) is 29.8 Å². The molecule has 0 aliphatic rings. The molecule has 0 aliphatic heterocycles. The number of nitrogens with zero attached hydrogens (tertiary/aromatic N) is 2. The summed E-state index contributed by atoms with van der Waals surface area (Å²) < 4.78 is 8.25. The second kappa shape index (κ2) is 10.2. The molecular formula is C29H19I2N3O. The van der Waals surface area contributed by atoms with Crippen molar-refractivity contribution in [1.29, 1.82) is 5.26 Å². The van der Waals surface area contributed by atoms with Crippen LogP contribution in [0.15, 0.2) is 91.1 Å². The molecule has 1 aromatic heterocycles. The number of nitrogen functional groups attached to an aromatic ring is 1. The monoisotopic (exact) mass is 679 g/mol. The molecule has 0 radical (unpaired) electrons. The maximum absolute atomic E-state index is 9.92. The number of halogens is 2. The van der Waals surface area contributed by atoms with E-state index in [1.807, 2.05) is 54.6 Å². The van der Waals surface area contributed by atoms with Crippen LogP contribution in [0.1, 0.15) is 11.1 Å². The molecule has 0 aliphatic carbocycles. The Kier molecular flexibility index (Phi) is 6.88. The highest BCUT2D eigenvalue weighted by atomic mass is 127. The molecule has 0 spiro atoms. The Labute approximate surface area is 231 Å². The van der Waals surface area contributed by atoms with Gasteiger partial charge in [-0.15, -0.1) is 0 Å². The molecule has 2 N–H and O–H groups in total. The van der Waals surface area contributed by atoms with E-state index in [1.54, 1.807) is 6.20 Å². The van der Waals surface area contributed by atoms with E-state index in [2.05, 4.69) is 86.6 Å². The van der Waals surface area contributed by atoms with Crippen LogP contribution in [0.25, 0.3) is 33.0 Å². The first kappa shape index (κ1) is 23.6. The number of anilines is 1. The molecule has 0 amide bonds. The van der Waals surface area contributed by atoms with Crippen molar-refractivity contribution in [3.05, 3.63) is 109 Å². The lowest BCUT2D eigenvalue weighted by Crippen LogP contribution is -2.02. The van der Waals surface area contributed by atoms with E-state index in [0.717, 1.165) is 40.7 Å². The molecule has 0 unspecified atom stereocenters. The minimum absolute atomic E-state index is 0.225. The average molecular weight is 679 g/mol. The maximum atomic E-state index is 9.92. The maximum Gasteiger partial charge on any atom is 0.146 e. The third-order valence-electron chi connectivity index (χ3n) is 5.84. The van der Waals surface area contributed by atoms with Crippen molar-refractivity contribution >= 4 is 61.8 Å². The third kappa shape index (κ3) is 4.70. The highest BCUT2D eigenvalue weighted by molar-refractivity contribution is 14.1. The summed E-state index contributed by atoms with van der Waals surface area (Å²) >= 11 is 4.60. The molecule has 0 bridgehead atoms. The van der Waals surface area contributed by atoms with Gasteiger partial charge in [-0.25, -0.2) is 4.98 Å². The predicted octanol–water partition coefficient (Wildman–Crippen LogP) is 7.81. The Morgan fingerprint density at radius 1 is 0.857 bits per heavy atom. The van der Waals surface area contributed by atoms with Gasteiger partial charge >= 0.3 is 0 Å². The van der Waals surface area contributed by atoms with Gasteiger partial charge in [-0.2, -0.15) is 5.26 Å². The second-order valence-corrected chi connectivity index (χ2v) is 10.3. The van der Waals surface area contributed by atoms with Crippen LogP contribution in [-0.2, 0) is 6.61 Å². The molecule has 4 aromatic carbocycles. The Morgan fingerprint density at radius 2 is 1.54 bits per heavy atom. The normalized spacial score (nSPS) is 10.8. The van der Waals surface area contributed by atoms with Crippen molar-refractivity contribution in [3.8, 4) is 34.1 Å². The number of hydrogen-bond donors (Lipinski definition) is 1. The first-order valence-electron chi connectivity index (χ1n) is 10.9. The summed E-state index contributed by atoms with van der Waals surface area (Å²) in [7, 11) is 0. The van der Waals surface area contributed by atoms with Crippen LogP contribution in [0.5, 0.6) is 5.75 Å². The van der Waals surface area contributed by atoms with Gasteiger partial charge in [0.2, 0.25) is 0 Å². The van der Waals surface area contributed by atoms with Crippen LogP contribution < -0.4 is 10.5 Å². The number of hydrogen-bond acceptors (Lipinski definition) is 4. The highest BCUT2D eigenvalue weighted by Gasteiger charge is 2.19. The number of ether oxygens (including phenoxy) is 1. The van der Waals surface area contributed by atoms with Gasteiger partial charge in [0.15, 0.2) is 0 Å². The fourth-order valence-electron chi connectivity index (χ4n) is 4.19. The van der Waals surface area contributed by atoms with Crippen LogP contribution in [-0.4, -0.2) is 4.98 Å². The topological polar surface area (TPSA) is 71.9 Å². The summed E-state index contributed by atoms with van der Waals surface area (Å²) in [4.78, 5) is 4.29. The standard InChI is InChI=1S/C29H19I2N3O/c30-25-13-21(27-23(15-32)29(33)34-16-24(27)19-7-2-1-3-8-19)14-26(31)28(25)35-17-20-11-6-10-18-9-4-5-12-22(18)20/h1-14,16H,17H2,(H2,33,34). The van der Waals surface area contributed by atoms with E-state index in [1.165, 1.54) is 10.8 Å². The number of pyridine rings is 1. The van der Waals surface area contributed by atoms with Crippen LogP contribution in [0.3, 0.4) is 0 Å². The molecule has 4 nitrogen and oxygen atoms in total. The fraction of sp³-hybridized carbons (Fsp3) is 0.0345.